The van der Waals surface area contributed by atoms with Gasteiger partial charge in [-0.15, -0.1) is 0 Å². The van der Waals surface area contributed by atoms with E-state index in [2.05, 4.69) is 5.32 Å². The van der Waals surface area contributed by atoms with Crippen molar-refractivity contribution in [3.63, 3.8) is 0 Å². The van der Waals surface area contributed by atoms with E-state index in [0.29, 0.717) is 42.2 Å². The second-order valence-electron chi connectivity index (χ2n) is 10.4. The Morgan fingerprint density at radius 3 is 2.81 bits per heavy atom. The minimum absolute atomic E-state index is 0.127. The van der Waals surface area contributed by atoms with Crippen LogP contribution in [0.25, 0.3) is 16.5 Å². The number of aromatic nitrogens is 1. The zero-order valence-electron chi connectivity index (χ0n) is 20.9. The van der Waals surface area contributed by atoms with Gasteiger partial charge in [-0.25, -0.2) is 4.39 Å². The number of benzene rings is 2. The smallest absolute Gasteiger partial charge is 0.262 e. The van der Waals surface area contributed by atoms with Gasteiger partial charge in [0, 0.05) is 49.9 Å². The van der Waals surface area contributed by atoms with Gasteiger partial charge < -0.3 is 24.8 Å². The predicted molar refractivity (Wildman–Crippen MR) is 139 cm³/mol. The second-order valence-corrected chi connectivity index (χ2v) is 10.4. The SMILES string of the molecule is CC(C)(O)CNC1CCN(c2ccc(-n3ccc4cc(OCC5CCCO5)ccc4c3=O)cc2F)C1. The average molecular weight is 496 g/mol. The molecule has 2 aliphatic rings. The molecule has 2 fully saturated rings. The van der Waals surface area contributed by atoms with Crippen molar-refractivity contribution >= 4 is 16.5 Å². The van der Waals surface area contributed by atoms with E-state index in [1.54, 1.807) is 44.3 Å². The summed E-state index contributed by atoms with van der Waals surface area (Å²) in [5.41, 5.74) is 0.0141. The molecule has 8 heteroatoms. The number of halogens is 1. The van der Waals surface area contributed by atoms with Crippen molar-refractivity contribution in [3.8, 4) is 11.4 Å². The molecule has 7 nitrogen and oxygen atoms in total. The summed E-state index contributed by atoms with van der Waals surface area (Å²) < 4.78 is 28.1. The zero-order valence-corrected chi connectivity index (χ0v) is 20.9. The summed E-state index contributed by atoms with van der Waals surface area (Å²) in [5.74, 6) is 0.340. The van der Waals surface area contributed by atoms with Crippen molar-refractivity contribution in [2.24, 2.45) is 0 Å². The van der Waals surface area contributed by atoms with Gasteiger partial charge in [0.15, 0.2) is 0 Å². The minimum Gasteiger partial charge on any atom is -0.491 e. The van der Waals surface area contributed by atoms with Crippen LogP contribution in [0.15, 0.2) is 53.5 Å². The number of ether oxygens (including phenoxy) is 2. The maximum Gasteiger partial charge on any atom is 0.262 e. The molecule has 3 heterocycles. The summed E-state index contributed by atoms with van der Waals surface area (Å²) in [7, 11) is 0. The fourth-order valence-corrected chi connectivity index (χ4v) is 4.93. The van der Waals surface area contributed by atoms with Crippen molar-refractivity contribution in [2.45, 2.75) is 50.9 Å². The first-order valence-electron chi connectivity index (χ1n) is 12.7. The van der Waals surface area contributed by atoms with Crippen molar-refractivity contribution < 1.29 is 19.0 Å². The van der Waals surface area contributed by atoms with Crippen LogP contribution >= 0.6 is 0 Å². The molecular weight excluding hydrogens is 461 g/mol. The molecule has 5 rings (SSSR count). The largest absolute Gasteiger partial charge is 0.491 e. The van der Waals surface area contributed by atoms with E-state index in [4.69, 9.17) is 9.47 Å². The molecule has 0 radical (unpaired) electrons. The Morgan fingerprint density at radius 2 is 2.06 bits per heavy atom. The highest BCUT2D eigenvalue weighted by molar-refractivity contribution is 5.83. The Morgan fingerprint density at radius 1 is 1.19 bits per heavy atom. The van der Waals surface area contributed by atoms with E-state index in [1.807, 2.05) is 17.0 Å². The highest BCUT2D eigenvalue weighted by atomic mass is 19.1. The highest BCUT2D eigenvalue weighted by Gasteiger charge is 2.26. The van der Waals surface area contributed by atoms with Crippen LogP contribution in [0.4, 0.5) is 10.1 Å². The van der Waals surface area contributed by atoms with E-state index >= 15 is 4.39 Å². The molecule has 0 spiro atoms. The summed E-state index contributed by atoms with van der Waals surface area (Å²) >= 11 is 0. The molecule has 1 aromatic heterocycles. The number of fused-ring (bicyclic) bond motifs is 1. The molecule has 0 saturated carbocycles. The minimum atomic E-state index is -0.785. The van der Waals surface area contributed by atoms with Crippen LogP contribution in [-0.4, -0.2) is 60.3 Å². The van der Waals surface area contributed by atoms with E-state index < -0.39 is 5.60 Å². The van der Waals surface area contributed by atoms with E-state index in [-0.39, 0.29) is 23.5 Å². The number of hydrogen-bond donors (Lipinski definition) is 2. The first-order chi connectivity index (χ1) is 17.3. The van der Waals surface area contributed by atoms with Gasteiger partial charge in [0.05, 0.1) is 23.1 Å². The first kappa shape index (κ1) is 24.7. The fraction of sp³-hybridized carbons (Fsp3) is 0.464. The third-order valence-electron chi connectivity index (χ3n) is 6.90. The van der Waals surface area contributed by atoms with Crippen molar-refractivity contribution in [3.05, 3.63) is 64.8 Å². The lowest BCUT2D eigenvalue weighted by atomic mass is 10.1. The Kier molecular flexibility index (Phi) is 7.01. The number of pyridine rings is 1. The number of anilines is 1. The molecule has 2 aromatic carbocycles. The third-order valence-corrected chi connectivity index (χ3v) is 6.90. The number of rotatable bonds is 8. The monoisotopic (exact) mass is 495 g/mol. The van der Waals surface area contributed by atoms with Gasteiger partial charge in [-0.05, 0) is 74.9 Å². The molecule has 36 heavy (non-hydrogen) atoms. The lowest BCUT2D eigenvalue weighted by Gasteiger charge is -2.23. The van der Waals surface area contributed by atoms with Gasteiger partial charge in [-0.1, -0.05) is 0 Å². The maximum absolute atomic E-state index is 15.2. The predicted octanol–water partition coefficient (Wildman–Crippen LogP) is 3.63. The molecule has 2 saturated heterocycles. The average Bonchev–Trinajstić information content (AvgIpc) is 3.53. The Balaban J connectivity index is 1.30. The molecule has 2 atom stereocenters. The van der Waals surface area contributed by atoms with E-state index in [9.17, 15) is 9.90 Å². The number of hydrogen-bond acceptors (Lipinski definition) is 6. The van der Waals surface area contributed by atoms with Crippen molar-refractivity contribution in [2.75, 3.05) is 37.7 Å². The van der Waals surface area contributed by atoms with Crippen LogP contribution in [-0.2, 0) is 4.74 Å². The summed E-state index contributed by atoms with van der Waals surface area (Å²) in [6.07, 6.45) is 4.74. The number of aliphatic hydroxyl groups is 1. The van der Waals surface area contributed by atoms with Gasteiger partial charge in [0.25, 0.3) is 5.56 Å². The molecule has 0 aliphatic carbocycles. The number of nitrogens with one attached hydrogen (secondary N) is 1. The molecule has 3 aromatic rings. The fourth-order valence-electron chi connectivity index (χ4n) is 4.93. The summed E-state index contributed by atoms with van der Waals surface area (Å²) in [5, 5.41) is 14.6. The zero-order chi connectivity index (χ0) is 25.3. The Labute approximate surface area is 210 Å². The van der Waals surface area contributed by atoms with Crippen LogP contribution in [0.2, 0.25) is 0 Å². The lowest BCUT2D eigenvalue weighted by molar-refractivity contribution is 0.0680. The maximum atomic E-state index is 15.2. The quantitative estimate of drug-likeness (QED) is 0.497. The lowest BCUT2D eigenvalue weighted by Crippen LogP contribution is -2.41. The molecule has 2 N–H and O–H groups in total. The normalized spacial score (nSPS) is 20.4. The highest BCUT2D eigenvalue weighted by Crippen LogP contribution is 2.27. The summed E-state index contributed by atoms with van der Waals surface area (Å²) in [6.45, 7) is 6.69. The first-order valence-corrected chi connectivity index (χ1v) is 12.7. The molecule has 2 aliphatic heterocycles. The summed E-state index contributed by atoms with van der Waals surface area (Å²) in [6, 6.07) is 12.4. The van der Waals surface area contributed by atoms with Crippen LogP contribution in [0.3, 0.4) is 0 Å². The number of nitrogens with zero attached hydrogens (tertiary/aromatic N) is 2. The van der Waals surface area contributed by atoms with Crippen LogP contribution in [0.5, 0.6) is 5.75 Å². The summed E-state index contributed by atoms with van der Waals surface area (Å²) in [4.78, 5) is 15.2. The van der Waals surface area contributed by atoms with E-state index in [0.717, 1.165) is 37.8 Å². The van der Waals surface area contributed by atoms with Crippen LogP contribution in [0, 0.1) is 5.82 Å². The second kappa shape index (κ2) is 10.2. The van der Waals surface area contributed by atoms with Gasteiger partial charge in [-0.3, -0.25) is 9.36 Å². The van der Waals surface area contributed by atoms with Gasteiger partial charge in [0.1, 0.15) is 18.2 Å². The van der Waals surface area contributed by atoms with Gasteiger partial charge in [0.2, 0.25) is 0 Å². The molecule has 2 unspecified atom stereocenters. The molecular formula is C28H34FN3O4. The third kappa shape index (κ3) is 5.56. The Bertz CT molecular complexity index is 1280. The topological polar surface area (TPSA) is 76.0 Å². The standard InChI is InChI=1S/C28H34FN3O4/c1-28(2,34)18-30-20-10-11-31(16-20)26-8-5-21(15-25(26)29)32-12-9-19-14-22(6-7-24(19)27(32)33)36-17-23-4-3-13-35-23/h5-9,12,14-15,20,23,30,34H,3-4,10-11,13,16-18H2,1-2H3. The Hall–Kier alpha value is -2.94. The van der Waals surface area contributed by atoms with Gasteiger partial charge in [-0.2, -0.15) is 0 Å². The van der Waals surface area contributed by atoms with E-state index in [1.165, 1.54) is 10.6 Å². The molecule has 0 bridgehead atoms. The van der Waals surface area contributed by atoms with Gasteiger partial charge >= 0.3 is 0 Å². The van der Waals surface area contributed by atoms with Crippen molar-refractivity contribution in [1.82, 2.24) is 9.88 Å². The van der Waals surface area contributed by atoms with Crippen LogP contribution < -0.4 is 20.5 Å². The van der Waals surface area contributed by atoms with Crippen LogP contribution in [0.1, 0.15) is 33.1 Å². The molecule has 0 amide bonds. The van der Waals surface area contributed by atoms with Crippen molar-refractivity contribution in [1.29, 1.82) is 0 Å². The molecule has 192 valence electrons.